The largest absolute Gasteiger partial charge is 0.0830 e. The Morgan fingerprint density at radius 1 is 1.07 bits per heavy atom. The average Bonchev–Trinajstić information content (AvgIpc) is 2.29. The molecule has 15 heavy (non-hydrogen) atoms. The van der Waals surface area contributed by atoms with E-state index in [1.165, 1.54) is 24.8 Å². The molecule has 76 valence electrons. The lowest BCUT2D eigenvalue weighted by atomic mass is 10.00. The van der Waals surface area contributed by atoms with E-state index in [-0.39, 0.29) is 0 Å². The second-order valence-corrected chi connectivity index (χ2v) is 4.11. The lowest BCUT2D eigenvalue weighted by Gasteiger charge is -2.05. The predicted molar refractivity (Wildman–Crippen MR) is 64.9 cm³/mol. The number of rotatable bonds is 0. The highest BCUT2D eigenvalue weighted by atomic mass is 35.5. The van der Waals surface area contributed by atoms with Gasteiger partial charge >= 0.3 is 0 Å². The highest BCUT2D eigenvalue weighted by Crippen LogP contribution is 2.17. The van der Waals surface area contributed by atoms with Crippen LogP contribution in [0.15, 0.2) is 35.9 Å². The zero-order chi connectivity index (χ0) is 10.5. The summed E-state index contributed by atoms with van der Waals surface area (Å²) >= 11 is 6.02. The fourth-order valence-electron chi connectivity index (χ4n) is 1.66. The average molecular weight is 217 g/mol. The molecule has 0 nitrogen and oxygen atoms in total. The highest BCUT2D eigenvalue weighted by Gasteiger charge is 2.00. The topological polar surface area (TPSA) is 0 Å². The van der Waals surface area contributed by atoms with Gasteiger partial charge in [0.1, 0.15) is 0 Å². The molecular formula is C14H13Cl. The Bertz CT molecular complexity index is 432. The van der Waals surface area contributed by atoms with Crippen molar-refractivity contribution in [2.75, 3.05) is 0 Å². The van der Waals surface area contributed by atoms with Crippen molar-refractivity contribution in [2.45, 2.75) is 25.7 Å². The van der Waals surface area contributed by atoms with Crippen LogP contribution in [-0.2, 0) is 0 Å². The Kier molecular flexibility index (Phi) is 3.48. The molecule has 0 unspecified atom stereocenters. The van der Waals surface area contributed by atoms with Gasteiger partial charge in [-0.3, -0.25) is 0 Å². The minimum absolute atomic E-state index is 0.737. The molecule has 1 aromatic carbocycles. The molecule has 1 aliphatic rings. The molecule has 1 aliphatic carbocycles. The summed E-state index contributed by atoms with van der Waals surface area (Å²) in [5.41, 5.74) is 2.19. The van der Waals surface area contributed by atoms with Crippen LogP contribution in [0.2, 0.25) is 5.02 Å². The zero-order valence-electron chi connectivity index (χ0n) is 8.59. The SMILES string of the molecule is Clc1ccccc1C#CC1=CCCCC1. The van der Waals surface area contributed by atoms with Gasteiger partial charge in [-0.25, -0.2) is 0 Å². The molecule has 0 saturated heterocycles. The van der Waals surface area contributed by atoms with Gasteiger partial charge in [0, 0.05) is 5.56 Å². The Morgan fingerprint density at radius 3 is 2.67 bits per heavy atom. The highest BCUT2D eigenvalue weighted by molar-refractivity contribution is 6.31. The summed E-state index contributed by atoms with van der Waals surface area (Å²) in [4.78, 5) is 0. The van der Waals surface area contributed by atoms with Gasteiger partial charge in [-0.05, 0) is 43.4 Å². The molecule has 0 heterocycles. The fraction of sp³-hybridized carbons (Fsp3) is 0.286. The second kappa shape index (κ2) is 5.05. The molecule has 0 radical (unpaired) electrons. The summed E-state index contributed by atoms with van der Waals surface area (Å²) < 4.78 is 0. The summed E-state index contributed by atoms with van der Waals surface area (Å²) in [7, 11) is 0. The molecular weight excluding hydrogens is 204 g/mol. The van der Waals surface area contributed by atoms with Crippen molar-refractivity contribution in [2.24, 2.45) is 0 Å². The Morgan fingerprint density at radius 2 is 1.93 bits per heavy atom. The van der Waals surface area contributed by atoms with E-state index in [1.54, 1.807) is 0 Å². The monoisotopic (exact) mass is 216 g/mol. The summed E-state index contributed by atoms with van der Waals surface area (Å²) in [6, 6.07) is 7.72. The summed E-state index contributed by atoms with van der Waals surface area (Å²) in [6.07, 6.45) is 7.11. The first-order chi connectivity index (χ1) is 7.36. The molecule has 0 bridgehead atoms. The third kappa shape index (κ3) is 2.88. The van der Waals surface area contributed by atoms with Crippen LogP contribution in [0.4, 0.5) is 0 Å². The number of halogens is 1. The van der Waals surface area contributed by atoms with Gasteiger partial charge in [0.25, 0.3) is 0 Å². The van der Waals surface area contributed by atoms with E-state index in [2.05, 4.69) is 17.9 Å². The standard InChI is InChI=1S/C14H13Cl/c15-14-9-5-4-8-13(14)11-10-12-6-2-1-3-7-12/h4-6,8-9H,1-3,7H2. The van der Waals surface area contributed by atoms with Crippen LogP contribution >= 0.6 is 11.6 Å². The van der Waals surface area contributed by atoms with Crippen LogP contribution in [0.25, 0.3) is 0 Å². The minimum Gasteiger partial charge on any atom is -0.0830 e. The van der Waals surface area contributed by atoms with E-state index in [0.29, 0.717) is 0 Å². The predicted octanol–water partition coefficient (Wildman–Crippen LogP) is 4.19. The van der Waals surface area contributed by atoms with Crippen molar-refractivity contribution in [3.8, 4) is 11.8 Å². The molecule has 0 amide bonds. The maximum absolute atomic E-state index is 6.02. The van der Waals surface area contributed by atoms with E-state index in [4.69, 9.17) is 11.6 Å². The van der Waals surface area contributed by atoms with E-state index in [1.807, 2.05) is 24.3 Å². The maximum atomic E-state index is 6.02. The van der Waals surface area contributed by atoms with Crippen LogP contribution < -0.4 is 0 Å². The summed E-state index contributed by atoms with van der Waals surface area (Å²) in [5.74, 6) is 6.34. The van der Waals surface area contributed by atoms with Crippen molar-refractivity contribution < 1.29 is 0 Å². The van der Waals surface area contributed by atoms with E-state index >= 15 is 0 Å². The third-order valence-corrected chi connectivity index (χ3v) is 2.85. The Balaban J connectivity index is 2.18. The van der Waals surface area contributed by atoms with Crippen LogP contribution in [0.1, 0.15) is 31.2 Å². The van der Waals surface area contributed by atoms with E-state index < -0.39 is 0 Å². The van der Waals surface area contributed by atoms with Gasteiger partial charge in [0.15, 0.2) is 0 Å². The molecule has 1 heteroatoms. The number of hydrogen-bond donors (Lipinski definition) is 0. The molecule has 0 aliphatic heterocycles. The van der Waals surface area contributed by atoms with Crippen LogP contribution in [0.3, 0.4) is 0 Å². The first kappa shape index (κ1) is 10.3. The lowest BCUT2D eigenvalue weighted by molar-refractivity contribution is 0.715. The third-order valence-electron chi connectivity index (χ3n) is 2.52. The Hall–Kier alpha value is -1.19. The molecule has 0 fully saturated rings. The smallest absolute Gasteiger partial charge is 0.0562 e. The van der Waals surface area contributed by atoms with Crippen LogP contribution in [-0.4, -0.2) is 0 Å². The molecule has 0 atom stereocenters. The quantitative estimate of drug-likeness (QED) is 0.571. The molecule has 0 saturated carbocycles. The van der Waals surface area contributed by atoms with Crippen LogP contribution in [0, 0.1) is 11.8 Å². The van der Waals surface area contributed by atoms with Gasteiger partial charge in [-0.15, -0.1) is 0 Å². The lowest BCUT2D eigenvalue weighted by Crippen LogP contribution is -1.88. The van der Waals surface area contributed by atoms with Gasteiger partial charge < -0.3 is 0 Å². The first-order valence-corrected chi connectivity index (χ1v) is 5.69. The van der Waals surface area contributed by atoms with Crippen molar-refractivity contribution in [3.63, 3.8) is 0 Å². The number of hydrogen-bond acceptors (Lipinski definition) is 0. The van der Waals surface area contributed by atoms with E-state index in [0.717, 1.165) is 17.0 Å². The molecule has 1 aromatic rings. The van der Waals surface area contributed by atoms with Crippen molar-refractivity contribution in [1.82, 2.24) is 0 Å². The molecule has 0 N–H and O–H groups in total. The summed E-state index contributed by atoms with van der Waals surface area (Å²) in [6.45, 7) is 0. The molecule has 2 rings (SSSR count). The van der Waals surface area contributed by atoms with Gasteiger partial charge in [0.05, 0.1) is 5.02 Å². The van der Waals surface area contributed by atoms with Crippen molar-refractivity contribution >= 4 is 11.6 Å². The van der Waals surface area contributed by atoms with Gasteiger partial charge in [-0.1, -0.05) is 41.7 Å². The van der Waals surface area contributed by atoms with Gasteiger partial charge in [-0.2, -0.15) is 0 Å². The zero-order valence-corrected chi connectivity index (χ0v) is 9.35. The Labute approximate surface area is 96.0 Å². The van der Waals surface area contributed by atoms with Crippen molar-refractivity contribution in [1.29, 1.82) is 0 Å². The normalized spacial score (nSPS) is 15.1. The second-order valence-electron chi connectivity index (χ2n) is 3.70. The number of allylic oxidation sites excluding steroid dienone is 2. The fourth-order valence-corrected chi connectivity index (χ4v) is 1.84. The van der Waals surface area contributed by atoms with Gasteiger partial charge in [0.2, 0.25) is 0 Å². The van der Waals surface area contributed by atoms with Crippen LogP contribution in [0.5, 0.6) is 0 Å². The van der Waals surface area contributed by atoms with Crippen molar-refractivity contribution in [3.05, 3.63) is 46.5 Å². The first-order valence-electron chi connectivity index (χ1n) is 5.32. The minimum atomic E-state index is 0.737. The molecule has 0 spiro atoms. The molecule has 0 aromatic heterocycles. The maximum Gasteiger partial charge on any atom is 0.0562 e. The summed E-state index contributed by atoms with van der Waals surface area (Å²) in [5, 5.41) is 0.737. The van der Waals surface area contributed by atoms with E-state index in [9.17, 15) is 0 Å². The number of benzene rings is 1.